The van der Waals surface area contributed by atoms with E-state index >= 15 is 0 Å². The summed E-state index contributed by atoms with van der Waals surface area (Å²) in [6.07, 6.45) is 1.60. The molecule has 2 fully saturated rings. The van der Waals surface area contributed by atoms with E-state index < -0.39 is 35.9 Å². The van der Waals surface area contributed by atoms with Crippen LogP contribution in [0.4, 0.5) is 0 Å². The molecule has 34 heavy (non-hydrogen) atoms. The largest absolute Gasteiger partial charge is 0.494 e. The fourth-order valence-corrected chi connectivity index (χ4v) is 4.24. The summed E-state index contributed by atoms with van der Waals surface area (Å²) >= 11 is 0. The first kappa shape index (κ1) is 23.5. The predicted octanol–water partition coefficient (Wildman–Crippen LogP) is 0.365. The molecule has 0 radical (unpaired) electrons. The summed E-state index contributed by atoms with van der Waals surface area (Å²) < 4.78 is 5.28. The van der Waals surface area contributed by atoms with Crippen LogP contribution in [0, 0.1) is 23.2 Å². The number of aliphatic hydroxyl groups is 1. The van der Waals surface area contributed by atoms with E-state index in [1.54, 1.807) is 24.3 Å². The monoisotopic (exact) mass is 468 g/mol. The number of rotatable bonds is 10. The second kappa shape index (κ2) is 10.1. The van der Waals surface area contributed by atoms with Gasteiger partial charge in [-0.25, -0.2) is 4.98 Å². The molecule has 1 aromatic heterocycles. The lowest BCUT2D eigenvalue weighted by atomic mass is 9.95. The van der Waals surface area contributed by atoms with Crippen LogP contribution in [0.2, 0.25) is 0 Å². The SMILES string of the molecule is COc1cccc2[nH]c(C(=O)NC(CC3CC3)C(=O)NC(CC3CCNC3=O)C(O)C#N)nc12. The molecule has 11 heteroatoms. The molecule has 0 spiro atoms. The van der Waals surface area contributed by atoms with Crippen LogP contribution in [0.1, 0.15) is 42.7 Å². The second-order valence-electron chi connectivity index (χ2n) is 8.85. The number of carbonyl (C=O) groups excluding carboxylic acids is 3. The summed E-state index contributed by atoms with van der Waals surface area (Å²) in [7, 11) is 1.51. The molecule has 3 amide bonds. The molecule has 1 saturated heterocycles. The van der Waals surface area contributed by atoms with Gasteiger partial charge in [-0.15, -0.1) is 0 Å². The molecule has 0 bridgehead atoms. The molecule has 1 saturated carbocycles. The van der Waals surface area contributed by atoms with Crippen LogP contribution in [-0.2, 0) is 9.59 Å². The Balaban J connectivity index is 1.48. The third-order valence-electron chi connectivity index (χ3n) is 6.34. The third kappa shape index (κ3) is 5.28. The number of carbonyl (C=O) groups is 3. The maximum atomic E-state index is 13.1. The van der Waals surface area contributed by atoms with E-state index in [9.17, 15) is 24.8 Å². The van der Waals surface area contributed by atoms with Gasteiger partial charge in [-0.05, 0) is 37.3 Å². The maximum absolute atomic E-state index is 13.1. The van der Waals surface area contributed by atoms with Crippen molar-refractivity contribution in [3.63, 3.8) is 0 Å². The summed E-state index contributed by atoms with van der Waals surface area (Å²) in [6, 6.07) is 5.21. The first-order valence-electron chi connectivity index (χ1n) is 11.4. The summed E-state index contributed by atoms with van der Waals surface area (Å²) in [5.74, 6) is -0.735. The number of methoxy groups -OCH3 is 1. The van der Waals surface area contributed by atoms with Gasteiger partial charge < -0.3 is 30.8 Å². The van der Waals surface area contributed by atoms with Crippen LogP contribution in [0.15, 0.2) is 18.2 Å². The highest BCUT2D eigenvalue weighted by atomic mass is 16.5. The number of aromatic nitrogens is 2. The van der Waals surface area contributed by atoms with Crippen molar-refractivity contribution in [2.75, 3.05) is 13.7 Å². The van der Waals surface area contributed by atoms with Gasteiger partial charge in [0, 0.05) is 12.5 Å². The van der Waals surface area contributed by atoms with Gasteiger partial charge in [-0.3, -0.25) is 14.4 Å². The Hall–Kier alpha value is -3.65. The van der Waals surface area contributed by atoms with E-state index in [4.69, 9.17) is 4.74 Å². The van der Waals surface area contributed by atoms with Gasteiger partial charge in [0.05, 0.1) is 24.7 Å². The Kier molecular flexibility index (Phi) is 6.98. The number of hydrogen-bond acceptors (Lipinski definition) is 7. The number of amides is 3. The van der Waals surface area contributed by atoms with Gasteiger partial charge in [-0.2, -0.15) is 5.26 Å². The zero-order valence-corrected chi connectivity index (χ0v) is 18.8. The number of hydrogen-bond donors (Lipinski definition) is 5. The van der Waals surface area contributed by atoms with E-state index in [0.717, 1.165) is 12.8 Å². The molecule has 1 aromatic carbocycles. The molecule has 180 valence electrons. The Morgan fingerprint density at radius 1 is 1.29 bits per heavy atom. The standard InChI is InChI=1S/C23H28N6O5/c1-34-18-4-2-3-14-19(18)29-20(26-14)23(33)28-16(9-12-5-6-12)22(32)27-15(17(30)11-24)10-13-7-8-25-21(13)31/h2-4,12-13,15-17,30H,5-10H2,1H3,(H,25,31)(H,26,29)(H,27,32)(H,28,33). The highest BCUT2D eigenvalue weighted by Crippen LogP contribution is 2.33. The number of nitriles is 1. The van der Waals surface area contributed by atoms with E-state index in [1.807, 2.05) is 0 Å². The molecule has 2 aromatic rings. The van der Waals surface area contributed by atoms with Crippen LogP contribution in [0.3, 0.4) is 0 Å². The Morgan fingerprint density at radius 2 is 2.09 bits per heavy atom. The Morgan fingerprint density at radius 3 is 2.74 bits per heavy atom. The number of para-hydroxylation sites is 1. The van der Waals surface area contributed by atoms with Gasteiger partial charge in [-0.1, -0.05) is 18.9 Å². The lowest BCUT2D eigenvalue weighted by molar-refractivity contribution is -0.126. The number of imidazole rings is 1. The number of aliphatic hydroxyl groups excluding tert-OH is 1. The Labute approximate surface area is 196 Å². The lowest BCUT2D eigenvalue weighted by Crippen LogP contribution is -2.53. The van der Waals surface area contributed by atoms with Crippen molar-refractivity contribution < 1.29 is 24.2 Å². The molecular weight excluding hydrogens is 440 g/mol. The maximum Gasteiger partial charge on any atom is 0.287 e. The highest BCUT2D eigenvalue weighted by molar-refractivity contribution is 5.98. The number of aromatic amines is 1. The number of benzene rings is 1. The minimum atomic E-state index is -1.47. The van der Waals surface area contributed by atoms with Crippen LogP contribution >= 0.6 is 0 Å². The van der Waals surface area contributed by atoms with E-state index in [-0.39, 0.29) is 18.2 Å². The topological polar surface area (TPSA) is 169 Å². The number of nitrogens with one attached hydrogen (secondary N) is 4. The van der Waals surface area contributed by atoms with Crippen molar-refractivity contribution in [3.8, 4) is 11.8 Å². The van der Waals surface area contributed by atoms with Crippen molar-refractivity contribution >= 4 is 28.8 Å². The number of fused-ring (bicyclic) bond motifs is 1. The zero-order valence-electron chi connectivity index (χ0n) is 18.8. The molecule has 5 N–H and O–H groups in total. The van der Waals surface area contributed by atoms with Crippen molar-refractivity contribution in [2.24, 2.45) is 11.8 Å². The number of nitrogens with zero attached hydrogens (tertiary/aromatic N) is 2. The fraction of sp³-hybridized carbons (Fsp3) is 0.522. The smallest absolute Gasteiger partial charge is 0.287 e. The second-order valence-corrected chi connectivity index (χ2v) is 8.85. The molecule has 1 aliphatic carbocycles. The van der Waals surface area contributed by atoms with E-state index in [1.165, 1.54) is 7.11 Å². The van der Waals surface area contributed by atoms with Crippen molar-refractivity contribution in [1.29, 1.82) is 5.26 Å². The minimum Gasteiger partial charge on any atom is -0.494 e. The highest BCUT2D eigenvalue weighted by Gasteiger charge is 2.35. The summed E-state index contributed by atoms with van der Waals surface area (Å²) in [5.41, 5.74) is 1.13. The van der Waals surface area contributed by atoms with Gasteiger partial charge in [0.1, 0.15) is 17.3 Å². The molecule has 2 heterocycles. The van der Waals surface area contributed by atoms with Gasteiger partial charge >= 0.3 is 0 Å². The summed E-state index contributed by atoms with van der Waals surface area (Å²) in [6.45, 7) is 0.523. The summed E-state index contributed by atoms with van der Waals surface area (Å²) in [4.78, 5) is 45.3. The Bertz CT molecular complexity index is 1120. The average molecular weight is 469 g/mol. The molecule has 1 aliphatic heterocycles. The van der Waals surface area contributed by atoms with Crippen molar-refractivity contribution in [3.05, 3.63) is 24.0 Å². The van der Waals surface area contributed by atoms with Crippen LogP contribution in [0.25, 0.3) is 11.0 Å². The molecular formula is C23H28N6O5. The molecule has 4 unspecified atom stereocenters. The van der Waals surface area contributed by atoms with Gasteiger partial charge in [0.15, 0.2) is 11.9 Å². The molecule has 2 aliphatic rings. The minimum absolute atomic E-state index is 0.0457. The van der Waals surface area contributed by atoms with Gasteiger partial charge in [0.25, 0.3) is 5.91 Å². The quantitative estimate of drug-likeness (QED) is 0.314. The van der Waals surface area contributed by atoms with Gasteiger partial charge in [0.2, 0.25) is 11.8 Å². The zero-order chi connectivity index (χ0) is 24.2. The van der Waals surface area contributed by atoms with Crippen molar-refractivity contribution in [1.82, 2.24) is 25.9 Å². The number of ether oxygens (including phenoxy) is 1. The molecule has 4 atom stereocenters. The first-order chi connectivity index (χ1) is 16.4. The third-order valence-corrected chi connectivity index (χ3v) is 6.34. The average Bonchev–Trinajstić information content (AvgIpc) is 3.39. The molecule has 4 rings (SSSR count). The number of H-pyrrole nitrogens is 1. The van der Waals surface area contributed by atoms with Crippen molar-refractivity contribution in [2.45, 2.75) is 50.3 Å². The van der Waals surface area contributed by atoms with Crippen LogP contribution < -0.4 is 20.7 Å². The molecule has 11 nitrogen and oxygen atoms in total. The predicted molar refractivity (Wildman–Crippen MR) is 121 cm³/mol. The fourth-order valence-electron chi connectivity index (χ4n) is 4.24. The van der Waals surface area contributed by atoms with Crippen LogP contribution in [-0.4, -0.2) is 64.6 Å². The summed E-state index contributed by atoms with van der Waals surface area (Å²) in [5, 5.41) is 27.5. The lowest BCUT2D eigenvalue weighted by Gasteiger charge is -2.25. The van der Waals surface area contributed by atoms with E-state index in [2.05, 4.69) is 25.9 Å². The normalized spacial score (nSPS) is 20.1. The first-order valence-corrected chi connectivity index (χ1v) is 11.4. The van der Waals surface area contributed by atoms with E-state index in [0.29, 0.717) is 42.1 Å². The van der Waals surface area contributed by atoms with Crippen LogP contribution in [0.5, 0.6) is 5.75 Å².